The van der Waals surface area contributed by atoms with Crippen LogP contribution in [-0.4, -0.2) is 35.3 Å². The van der Waals surface area contributed by atoms with Gasteiger partial charge in [-0.1, -0.05) is 90.5 Å². The fraction of sp³-hybridized carbons (Fsp3) is 0.238. The number of hydrogen-bond donors (Lipinski definition) is 1. The molecule has 1 N–H and O–H groups in total. The van der Waals surface area contributed by atoms with Gasteiger partial charge in [-0.2, -0.15) is 0 Å². The number of aromatic hydroxyl groups is 1. The van der Waals surface area contributed by atoms with Crippen molar-refractivity contribution in [3.05, 3.63) is 137 Å². The molecule has 8 nitrogen and oxygen atoms in total. The van der Waals surface area contributed by atoms with E-state index in [9.17, 15) is 19.5 Å². The maximum atomic E-state index is 15.4. The summed E-state index contributed by atoms with van der Waals surface area (Å²) in [5, 5.41) is 11.1. The number of allylic oxidation sites excluding steroid dienone is 2. The van der Waals surface area contributed by atoms with Crippen LogP contribution >= 0.6 is 11.6 Å². The zero-order valence-electron chi connectivity index (χ0n) is 27.9. The van der Waals surface area contributed by atoms with Crippen molar-refractivity contribution < 1.29 is 29.0 Å². The molecule has 2 heterocycles. The standard InChI is InChI=1S/C42H35ClN2O6/c1-3-24-13-16-28(17-14-24)44-38(47)31-19-18-30-32(36(31)40(44)49)23-33-39(48)45(29-12-8-11-27(43)22-29)41(50)42(33,26-9-6-5-7-10-26)37(30)25-15-20-34(46)35(21-25)51-4-2/h3,5-18,20-22,31-33,36-37,46H,1,4,19,23H2,2H3. The van der Waals surface area contributed by atoms with E-state index in [2.05, 4.69) is 6.58 Å². The van der Waals surface area contributed by atoms with Crippen LogP contribution in [0, 0.1) is 23.7 Å². The summed E-state index contributed by atoms with van der Waals surface area (Å²) in [5.41, 5.74) is 2.41. The molecule has 2 aliphatic heterocycles. The van der Waals surface area contributed by atoms with Crippen LogP contribution in [0.25, 0.3) is 6.08 Å². The third-order valence-corrected chi connectivity index (χ3v) is 11.4. The SMILES string of the molecule is C=Cc1ccc(N2C(=O)C3CC=C4C(CC5C(=O)N(c6cccc(Cl)c6)C(=O)C5(c5ccccc5)C4c4ccc(O)c(OCC)c4)C3C2=O)cc1. The molecular weight excluding hydrogens is 664 g/mol. The Balaban J connectivity index is 1.35. The van der Waals surface area contributed by atoms with Crippen molar-refractivity contribution in [2.24, 2.45) is 23.7 Å². The molecule has 256 valence electrons. The van der Waals surface area contributed by atoms with Gasteiger partial charge in [-0.15, -0.1) is 0 Å². The number of carbonyl (C=O) groups is 4. The summed E-state index contributed by atoms with van der Waals surface area (Å²) < 4.78 is 5.83. The summed E-state index contributed by atoms with van der Waals surface area (Å²) in [5.74, 6) is -4.72. The largest absolute Gasteiger partial charge is 0.504 e. The molecule has 6 unspecified atom stereocenters. The van der Waals surface area contributed by atoms with Crippen LogP contribution in [-0.2, 0) is 24.6 Å². The average molecular weight is 699 g/mol. The Morgan fingerprint density at radius 3 is 2.33 bits per heavy atom. The number of amides is 4. The van der Waals surface area contributed by atoms with Gasteiger partial charge in [0, 0.05) is 10.9 Å². The summed E-state index contributed by atoms with van der Waals surface area (Å²) in [6, 6.07) is 28.2. The van der Waals surface area contributed by atoms with Crippen LogP contribution < -0.4 is 14.5 Å². The number of fused-ring (bicyclic) bond motifs is 4. The monoisotopic (exact) mass is 698 g/mol. The van der Waals surface area contributed by atoms with Gasteiger partial charge in [0.1, 0.15) is 0 Å². The molecule has 1 saturated carbocycles. The Bertz CT molecular complexity index is 2150. The molecule has 0 spiro atoms. The van der Waals surface area contributed by atoms with Crippen LogP contribution in [0.1, 0.15) is 42.4 Å². The van der Waals surface area contributed by atoms with Crippen LogP contribution in [0.2, 0.25) is 5.02 Å². The van der Waals surface area contributed by atoms with Crippen LogP contribution in [0.5, 0.6) is 11.5 Å². The zero-order chi connectivity index (χ0) is 35.6. The first-order valence-electron chi connectivity index (χ1n) is 17.2. The molecule has 4 aliphatic rings. The predicted molar refractivity (Wildman–Crippen MR) is 194 cm³/mol. The molecular formula is C42H35ClN2O6. The molecule has 6 atom stereocenters. The second kappa shape index (κ2) is 12.4. The predicted octanol–water partition coefficient (Wildman–Crippen LogP) is 7.45. The van der Waals surface area contributed by atoms with Crippen molar-refractivity contribution in [1.82, 2.24) is 0 Å². The molecule has 2 aliphatic carbocycles. The molecule has 3 fully saturated rings. The number of nitrogens with zero attached hydrogens (tertiary/aromatic N) is 2. The van der Waals surface area contributed by atoms with Gasteiger partial charge in [0.15, 0.2) is 11.5 Å². The van der Waals surface area contributed by atoms with Crippen LogP contribution in [0.3, 0.4) is 0 Å². The number of halogens is 1. The number of hydrogen-bond acceptors (Lipinski definition) is 6. The summed E-state index contributed by atoms with van der Waals surface area (Å²) >= 11 is 6.41. The lowest BCUT2D eigenvalue weighted by Gasteiger charge is -2.50. The molecule has 9 heteroatoms. The summed E-state index contributed by atoms with van der Waals surface area (Å²) in [7, 11) is 0. The first kappa shape index (κ1) is 32.7. The van der Waals surface area contributed by atoms with Gasteiger partial charge >= 0.3 is 0 Å². The second-order valence-corrected chi connectivity index (χ2v) is 14.0. The molecule has 4 aromatic carbocycles. The Kier molecular flexibility index (Phi) is 7.95. The summed E-state index contributed by atoms with van der Waals surface area (Å²) in [6.07, 6.45) is 4.19. The molecule has 0 aromatic heterocycles. The Morgan fingerprint density at radius 1 is 0.863 bits per heavy atom. The van der Waals surface area contributed by atoms with Crippen molar-refractivity contribution in [2.45, 2.75) is 31.1 Å². The lowest BCUT2D eigenvalue weighted by atomic mass is 9.49. The maximum Gasteiger partial charge on any atom is 0.246 e. The fourth-order valence-electron chi connectivity index (χ4n) is 9.11. The number of phenols is 1. The van der Waals surface area contributed by atoms with E-state index in [0.717, 1.165) is 11.1 Å². The topological polar surface area (TPSA) is 104 Å². The molecule has 0 bridgehead atoms. The van der Waals surface area contributed by atoms with E-state index in [1.54, 1.807) is 60.7 Å². The van der Waals surface area contributed by atoms with E-state index >= 15 is 4.79 Å². The maximum absolute atomic E-state index is 15.4. The fourth-order valence-corrected chi connectivity index (χ4v) is 9.30. The number of imide groups is 2. The number of carbonyl (C=O) groups excluding carboxylic acids is 4. The van der Waals surface area contributed by atoms with E-state index in [-0.39, 0.29) is 29.7 Å². The van der Waals surface area contributed by atoms with Gasteiger partial charge in [0.2, 0.25) is 23.6 Å². The molecule has 4 amide bonds. The lowest BCUT2D eigenvalue weighted by Crippen LogP contribution is -2.53. The molecule has 8 rings (SSSR count). The third kappa shape index (κ3) is 4.80. The van der Waals surface area contributed by atoms with E-state index < -0.39 is 46.8 Å². The highest BCUT2D eigenvalue weighted by atomic mass is 35.5. The third-order valence-electron chi connectivity index (χ3n) is 11.2. The van der Waals surface area contributed by atoms with Gasteiger partial charge in [-0.3, -0.25) is 24.1 Å². The van der Waals surface area contributed by atoms with Crippen molar-refractivity contribution in [1.29, 1.82) is 0 Å². The molecule has 0 radical (unpaired) electrons. The highest BCUT2D eigenvalue weighted by Crippen LogP contribution is 2.65. The Morgan fingerprint density at radius 2 is 1.63 bits per heavy atom. The minimum atomic E-state index is -1.43. The van der Waals surface area contributed by atoms with Crippen LogP contribution in [0.4, 0.5) is 11.4 Å². The van der Waals surface area contributed by atoms with E-state index in [1.807, 2.05) is 55.5 Å². The van der Waals surface area contributed by atoms with Gasteiger partial charge in [-0.25, -0.2) is 4.90 Å². The lowest BCUT2D eigenvalue weighted by molar-refractivity contribution is -0.127. The number of benzene rings is 4. The quantitative estimate of drug-likeness (QED) is 0.159. The Labute approximate surface area is 300 Å². The number of phenolic OH excluding ortho intramolecular Hbond substituents is 1. The number of anilines is 2. The summed E-state index contributed by atoms with van der Waals surface area (Å²) in [4.78, 5) is 61.4. The normalized spacial score (nSPS) is 26.8. The highest BCUT2D eigenvalue weighted by Gasteiger charge is 2.70. The van der Waals surface area contributed by atoms with Gasteiger partial charge in [0.25, 0.3) is 0 Å². The average Bonchev–Trinajstić information content (AvgIpc) is 3.53. The van der Waals surface area contributed by atoms with E-state index in [4.69, 9.17) is 16.3 Å². The Hall–Kier alpha value is -5.47. The van der Waals surface area contributed by atoms with Gasteiger partial charge in [-0.05, 0) is 84.8 Å². The second-order valence-electron chi connectivity index (χ2n) is 13.6. The molecule has 2 saturated heterocycles. The minimum Gasteiger partial charge on any atom is -0.504 e. The number of ether oxygens (including phenoxy) is 1. The first-order chi connectivity index (χ1) is 24.7. The van der Waals surface area contributed by atoms with Crippen molar-refractivity contribution in [3.63, 3.8) is 0 Å². The smallest absolute Gasteiger partial charge is 0.246 e. The number of rotatable bonds is 7. The van der Waals surface area contributed by atoms with E-state index in [1.165, 1.54) is 9.80 Å². The molecule has 51 heavy (non-hydrogen) atoms. The van der Waals surface area contributed by atoms with Crippen molar-refractivity contribution >= 4 is 52.7 Å². The van der Waals surface area contributed by atoms with Gasteiger partial charge in [0.05, 0.1) is 41.2 Å². The first-order valence-corrected chi connectivity index (χ1v) is 17.5. The van der Waals surface area contributed by atoms with E-state index in [0.29, 0.717) is 40.6 Å². The summed E-state index contributed by atoms with van der Waals surface area (Å²) in [6.45, 7) is 5.91. The zero-order valence-corrected chi connectivity index (χ0v) is 28.6. The van der Waals surface area contributed by atoms with Crippen molar-refractivity contribution in [2.75, 3.05) is 16.4 Å². The molecule has 4 aromatic rings. The minimum absolute atomic E-state index is 0.0555. The van der Waals surface area contributed by atoms with Gasteiger partial charge < -0.3 is 9.84 Å². The van der Waals surface area contributed by atoms with Crippen LogP contribution in [0.15, 0.2) is 115 Å². The highest BCUT2D eigenvalue weighted by molar-refractivity contribution is 6.32. The van der Waals surface area contributed by atoms with Crippen molar-refractivity contribution in [3.8, 4) is 11.5 Å².